The molecule has 1 aliphatic rings. The second-order valence-electron chi connectivity index (χ2n) is 7.24. The number of hydrogen-bond donors (Lipinski definition) is 0. The lowest BCUT2D eigenvalue weighted by atomic mass is 10.0. The molecule has 1 aromatic heterocycles. The van der Waals surface area contributed by atoms with Gasteiger partial charge in [0.1, 0.15) is 5.75 Å². The number of para-hydroxylation sites is 2. The van der Waals surface area contributed by atoms with Gasteiger partial charge in [-0.15, -0.1) is 0 Å². The number of anilines is 1. The highest BCUT2D eigenvalue weighted by atomic mass is 16.5. The van der Waals surface area contributed by atoms with E-state index in [4.69, 9.17) is 19.4 Å². The highest BCUT2D eigenvalue weighted by molar-refractivity contribution is 5.77. The molecular formula is C22H25N3O2. The van der Waals surface area contributed by atoms with Crippen LogP contribution in [0, 0.1) is 6.92 Å². The van der Waals surface area contributed by atoms with Crippen LogP contribution in [0.15, 0.2) is 42.5 Å². The summed E-state index contributed by atoms with van der Waals surface area (Å²) < 4.78 is 11.9. The van der Waals surface area contributed by atoms with Gasteiger partial charge in [-0.05, 0) is 42.2 Å². The molecule has 0 amide bonds. The Kier molecular flexibility index (Phi) is 4.94. The van der Waals surface area contributed by atoms with Gasteiger partial charge in [-0.25, -0.2) is 9.97 Å². The van der Waals surface area contributed by atoms with Crippen molar-refractivity contribution in [2.75, 3.05) is 31.2 Å². The number of benzene rings is 2. The van der Waals surface area contributed by atoms with Crippen LogP contribution < -0.4 is 9.64 Å². The van der Waals surface area contributed by atoms with E-state index in [9.17, 15) is 0 Å². The second kappa shape index (κ2) is 7.53. The second-order valence-corrected chi connectivity index (χ2v) is 7.24. The largest absolute Gasteiger partial charge is 0.436 e. The summed E-state index contributed by atoms with van der Waals surface area (Å²) in [6.07, 6.45) is 0. The van der Waals surface area contributed by atoms with Gasteiger partial charge in [0.15, 0.2) is 5.82 Å². The van der Waals surface area contributed by atoms with Crippen molar-refractivity contribution in [2.45, 2.75) is 26.7 Å². The van der Waals surface area contributed by atoms with Crippen molar-refractivity contribution in [2.24, 2.45) is 0 Å². The van der Waals surface area contributed by atoms with Gasteiger partial charge >= 0.3 is 0 Å². The van der Waals surface area contributed by atoms with E-state index in [0.29, 0.717) is 25.0 Å². The summed E-state index contributed by atoms with van der Waals surface area (Å²) in [6.45, 7) is 9.37. The number of aryl methyl sites for hydroxylation is 1. The molecule has 5 heteroatoms. The molecular weight excluding hydrogens is 338 g/mol. The smallest absolute Gasteiger partial charge is 0.263 e. The number of morpholine rings is 1. The molecule has 0 atom stereocenters. The fourth-order valence-corrected chi connectivity index (χ4v) is 3.34. The Morgan fingerprint density at radius 1 is 1.00 bits per heavy atom. The Morgan fingerprint density at radius 2 is 1.70 bits per heavy atom. The first-order valence-electron chi connectivity index (χ1n) is 9.49. The van der Waals surface area contributed by atoms with Gasteiger partial charge in [-0.1, -0.05) is 38.1 Å². The van der Waals surface area contributed by atoms with Crippen LogP contribution in [-0.2, 0) is 4.74 Å². The summed E-state index contributed by atoms with van der Waals surface area (Å²) >= 11 is 0. The lowest BCUT2D eigenvalue weighted by Crippen LogP contribution is -2.37. The molecule has 4 rings (SSSR count). The summed E-state index contributed by atoms with van der Waals surface area (Å²) in [4.78, 5) is 11.9. The van der Waals surface area contributed by atoms with Crippen LogP contribution in [0.3, 0.4) is 0 Å². The van der Waals surface area contributed by atoms with E-state index in [0.717, 1.165) is 41.3 Å². The minimum Gasteiger partial charge on any atom is -0.436 e. The molecule has 0 saturated carbocycles. The highest BCUT2D eigenvalue weighted by Gasteiger charge is 2.21. The van der Waals surface area contributed by atoms with Crippen LogP contribution in [0.5, 0.6) is 11.6 Å². The third-order valence-corrected chi connectivity index (χ3v) is 4.83. The van der Waals surface area contributed by atoms with Crippen LogP contribution in [-0.4, -0.2) is 36.3 Å². The van der Waals surface area contributed by atoms with E-state index >= 15 is 0 Å². The molecule has 0 unspecified atom stereocenters. The van der Waals surface area contributed by atoms with Crippen LogP contribution >= 0.6 is 0 Å². The van der Waals surface area contributed by atoms with Crippen molar-refractivity contribution in [3.8, 4) is 11.6 Å². The Labute approximate surface area is 160 Å². The first-order valence-corrected chi connectivity index (χ1v) is 9.49. The molecule has 140 valence electrons. The van der Waals surface area contributed by atoms with Gasteiger partial charge in [-0.3, -0.25) is 0 Å². The van der Waals surface area contributed by atoms with Gasteiger partial charge in [0.2, 0.25) is 0 Å². The molecule has 2 heterocycles. The van der Waals surface area contributed by atoms with Crippen molar-refractivity contribution in [3.05, 3.63) is 53.6 Å². The van der Waals surface area contributed by atoms with Crippen LogP contribution in [0.25, 0.3) is 11.0 Å². The van der Waals surface area contributed by atoms with E-state index in [-0.39, 0.29) is 0 Å². The minimum absolute atomic E-state index is 0.362. The van der Waals surface area contributed by atoms with E-state index in [1.807, 2.05) is 24.3 Å². The van der Waals surface area contributed by atoms with Gasteiger partial charge in [-0.2, -0.15) is 0 Å². The molecule has 0 spiro atoms. The standard InChI is InChI=1S/C22H25N3O2/c1-15(2)17-9-8-16(3)14-20(17)27-22-21(25-10-12-26-13-11-25)23-18-6-4-5-7-19(18)24-22/h4-9,14-15H,10-13H2,1-3H3. The van der Waals surface area contributed by atoms with Gasteiger partial charge in [0.05, 0.1) is 24.2 Å². The van der Waals surface area contributed by atoms with Gasteiger partial charge < -0.3 is 14.4 Å². The van der Waals surface area contributed by atoms with Crippen molar-refractivity contribution in [1.29, 1.82) is 0 Å². The quantitative estimate of drug-likeness (QED) is 0.673. The topological polar surface area (TPSA) is 47.5 Å². The Morgan fingerprint density at radius 3 is 2.41 bits per heavy atom. The zero-order valence-corrected chi connectivity index (χ0v) is 16.1. The molecule has 0 radical (unpaired) electrons. The van der Waals surface area contributed by atoms with Crippen LogP contribution in [0.4, 0.5) is 5.82 Å². The monoisotopic (exact) mass is 363 g/mol. The highest BCUT2D eigenvalue weighted by Crippen LogP contribution is 2.35. The first kappa shape index (κ1) is 17.7. The molecule has 5 nitrogen and oxygen atoms in total. The summed E-state index contributed by atoms with van der Waals surface area (Å²) in [5, 5.41) is 0. The fraction of sp³-hybridized carbons (Fsp3) is 0.364. The van der Waals surface area contributed by atoms with E-state index in [1.54, 1.807) is 0 Å². The molecule has 1 saturated heterocycles. The maximum absolute atomic E-state index is 6.39. The molecule has 0 N–H and O–H groups in total. The van der Waals surface area contributed by atoms with Gasteiger partial charge in [0, 0.05) is 13.1 Å². The van der Waals surface area contributed by atoms with Crippen molar-refractivity contribution >= 4 is 16.9 Å². The summed E-state index contributed by atoms with van der Waals surface area (Å²) in [6, 6.07) is 14.3. The number of fused-ring (bicyclic) bond motifs is 1. The third kappa shape index (κ3) is 3.74. The number of aromatic nitrogens is 2. The van der Waals surface area contributed by atoms with E-state index in [1.165, 1.54) is 5.56 Å². The molecule has 1 aliphatic heterocycles. The number of ether oxygens (including phenoxy) is 2. The maximum atomic E-state index is 6.39. The Balaban J connectivity index is 1.81. The van der Waals surface area contributed by atoms with Crippen molar-refractivity contribution in [1.82, 2.24) is 9.97 Å². The number of hydrogen-bond acceptors (Lipinski definition) is 5. The SMILES string of the molecule is Cc1ccc(C(C)C)c(Oc2nc3ccccc3nc2N2CCOCC2)c1. The van der Waals surface area contributed by atoms with E-state index in [2.05, 4.69) is 43.9 Å². The predicted molar refractivity (Wildman–Crippen MR) is 108 cm³/mol. The average Bonchev–Trinajstić information content (AvgIpc) is 2.68. The minimum atomic E-state index is 0.362. The zero-order valence-electron chi connectivity index (χ0n) is 16.1. The Hall–Kier alpha value is -2.66. The molecule has 0 bridgehead atoms. The lowest BCUT2D eigenvalue weighted by Gasteiger charge is -2.29. The molecule has 1 fully saturated rings. The molecule has 2 aromatic carbocycles. The fourth-order valence-electron chi connectivity index (χ4n) is 3.34. The normalized spacial score (nSPS) is 14.7. The van der Waals surface area contributed by atoms with E-state index < -0.39 is 0 Å². The lowest BCUT2D eigenvalue weighted by molar-refractivity contribution is 0.122. The molecule has 27 heavy (non-hydrogen) atoms. The molecule has 0 aliphatic carbocycles. The first-order chi connectivity index (χ1) is 13.1. The zero-order chi connectivity index (χ0) is 18.8. The summed E-state index contributed by atoms with van der Waals surface area (Å²) in [7, 11) is 0. The Bertz CT molecular complexity index is 949. The van der Waals surface area contributed by atoms with Crippen LogP contribution in [0.2, 0.25) is 0 Å². The average molecular weight is 363 g/mol. The molecule has 3 aromatic rings. The van der Waals surface area contributed by atoms with Crippen molar-refractivity contribution in [3.63, 3.8) is 0 Å². The maximum Gasteiger partial charge on any atom is 0.263 e. The number of nitrogens with zero attached hydrogens (tertiary/aromatic N) is 3. The van der Waals surface area contributed by atoms with Gasteiger partial charge in [0.25, 0.3) is 5.88 Å². The third-order valence-electron chi connectivity index (χ3n) is 4.83. The summed E-state index contributed by atoms with van der Waals surface area (Å²) in [5.41, 5.74) is 4.04. The predicted octanol–water partition coefficient (Wildman–Crippen LogP) is 4.69. The van der Waals surface area contributed by atoms with Crippen LogP contribution in [0.1, 0.15) is 30.9 Å². The summed E-state index contributed by atoms with van der Waals surface area (Å²) in [5.74, 6) is 2.56. The van der Waals surface area contributed by atoms with Crippen molar-refractivity contribution < 1.29 is 9.47 Å². The number of rotatable bonds is 4.